The predicted octanol–water partition coefficient (Wildman–Crippen LogP) is 4.18. The molecule has 0 N–H and O–H groups in total. The third kappa shape index (κ3) is 2.84. The molecule has 1 aliphatic rings. The summed E-state index contributed by atoms with van der Waals surface area (Å²) in [4.78, 5) is 12.7. The van der Waals surface area contributed by atoms with Gasteiger partial charge in [-0.3, -0.25) is 4.79 Å². The monoisotopic (exact) mass is 307 g/mol. The van der Waals surface area contributed by atoms with E-state index < -0.39 is 0 Å². The minimum absolute atomic E-state index is 0.0800. The fourth-order valence-corrected chi connectivity index (χ4v) is 2.85. The van der Waals surface area contributed by atoms with Crippen LogP contribution < -0.4 is 5.01 Å². The first kappa shape index (κ1) is 15.3. The standard InChI is InChI=1S/C19H21N3O/c1-13(2)21-12-16(10-14(21)3)11-18-15(4)20-22(19(18)23)17-8-6-5-7-9-17/h5-13H,1-4H3/b18-11-. The van der Waals surface area contributed by atoms with Crippen LogP contribution in [0.4, 0.5) is 5.69 Å². The fourth-order valence-electron chi connectivity index (χ4n) is 2.85. The molecule has 0 spiro atoms. The van der Waals surface area contributed by atoms with Gasteiger partial charge in [0, 0.05) is 17.9 Å². The Hall–Kier alpha value is -2.62. The van der Waals surface area contributed by atoms with E-state index in [2.05, 4.69) is 42.7 Å². The third-order valence-corrected chi connectivity index (χ3v) is 4.00. The van der Waals surface area contributed by atoms with Crippen molar-refractivity contribution in [1.29, 1.82) is 0 Å². The molecule has 118 valence electrons. The third-order valence-electron chi connectivity index (χ3n) is 4.00. The maximum Gasteiger partial charge on any atom is 0.280 e. The lowest BCUT2D eigenvalue weighted by Crippen LogP contribution is -2.21. The minimum atomic E-state index is -0.0800. The molecule has 2 heterocycles. The van der Waals surface area contributed by atoms with Crippen molar-refractivity contribution in [2.75, 3.05) is 5.01 Å². The van der Waals surface area contributed by atoms with E-state index in [0.717, 1.165) is 17.0 Å². The number of amides is 1. The van der Waals surface area contributed by atoms with E-state index in [0.29, 0.717) is 11.6 Å². The van der Waals surface area contributed by atoms with Crippen LogP contribution in [0, 0.1) is 6.92 Å². The molecule has 23 heavy (non-hydrogen) atoms. The van der Waals surface area contributed by atoms with Crippen LogP contribution in [0.2, 0.25) is 0 Å². The molecule has 1 aliphatic heterocycles. The molecule has 3 rings (SSSR count). The second-order valence-electron chi connectivity index (χ2n) is 6.11. The molecule has 1 aromatic heterocycles. The predicted molar refractivity (Wildman–Crippen MR) is 94.6 cm³/mol. The van der Waals surface area contributed by atoms with Gasteiger partial charge >= 0.3 is 0 Å². The molecule has 0 fully saturated rings. The maximum atomic E-state index is 12.7. The average molecular weight is 307 g/mol. The lowest BCUT2D eigenvalue weighted by atomic mass is 10.1. The molecule has 1 amide bonds. The molecular formula is C19H21N3O. The Balaban J connectivity index is 1.94. The number of hydrogen-bond donors (Lipinski definition) is 0. The van der Waals surface area contributed by atoms with Crippen LogP contribution in [0.25, 0.3) is 6.08 Å². The Kier molecular flexibility index (Phi) is 3.90. The molecule has 0 bridgehead atoms. The van der Waals surface area contributed by atoms with Crippen molar-refractivity contribution < 1.29 is 4.79 Å². The summed E-state index contributed by atoms with van der Waals surface area (Å²) < 4.78 is 2.20. The zero-order valence-corrected chi connectivity index (χ0v) is 13.9. The van der Waals surface area contributed by atoms with Gasteiger partial charge in [0.2, 0.25) is 0 Å². The summed E-state index contributed by atoms with van der Waals surface area (Å²) in [5.41, 5.74) is 4.40. The zero-order valence-electron chi connectivity index (χ0n) is 13.9. The smallest absolute Gasteiger partial charge is 0.280 e. The maximum absolute atomic E-state index is 12.7. The van der Waals surface area contributed by atoms with Gasteiger partial charge in [-0.05, 0) is 57.5 Å². The van der Waals surface area contributed by atoms with Gasteiger partial charge < -0.3 is 4.57 Å². The number of carbonyl (C=O) groups excluding carboxylic acids is 1. The molecule has 0 atom stereocenters. The number of para-hydroxylation sites is 1. The van der Waals surface area contributed by atoms with Crippen LogP contribution in [0.15, 0.2) is 53.3 Å². The number of nitrogens with zero attached hydrogens (tertiary/aromatic N) is 3. The van der Waals surface area contributed by atoms with Crippen molar-refractivity contribution in [2.24, 2.45) is 5.10 Å². The number of rotatable bonds is 3. The summed E-state index contributed by atoms with van der Waals surface area (Å²) >= 11 is 0. The van der Waals surface area contributed by atoms with Crippen molar-refractivity contribution in [3.63, 3.8) is 0 Å². The Labute approximate surface area is 136 Å². The van der Waals surface area contributed by atoms with E-state index in [1.54, 1.807) is 0 Å². The first-order valence-corrected chi connectivity index (χ1v) is 7.82. The molecule has 2 aromatic rings. The second kappa shape index (κ2) is 5.88. The molecule has 0 unspecified atom stereocenters. The number of aryl methyl sites for hydroxylation is 1. The summed E-state index contributed by atoms with van der Waals surface area (Å²) in [5, 5.41) is 5.87. The molecular weight excluding hydrogens is 286 g/mol. The minimum Gasteiger partial charge on any atom is -0.349 e. The Morgan fingerprint density at radius 1 is 1.13 bits per heavy atom. The van der Waals surface area contributed by atoms with E-state index in [1.807, 2.05) is 43.3 Å². The molecule has 0 saturated carbocycles. The van der Waals surface area contributed by atoms with Gasteiger partial charge in [0.05, 0.1) is 17.0 Å². The number of benzene rings is 1. The lowest BCUT2D eigenvalue weighted by Gasteiger charge is -2.10. The van der Waals surface area contributed by atoms with Crippen LogP contribution in [0.3, 0.4) is 0 Å². The lowest BCUT2D eigenvalue weighted by molar-refractivity contribution is -0.114. The van der Waals surface area contributed by atoms with Crippen LogP contribution in [-0.4, -0.2) is 16.2 Å². The zero-order chi connectivity index (χ0) is 16.6. The van der Waals surface area contributed by atoms with Crippen molar-refractivity contribution in [2.45, 2.75) is 33.7 Å². The van der Waals surface area contributed by atoms with Gasteiger partial charge in [-0.25, -0.2) is 0 Å². The van der Waals surface area contributed by atoms with Crippen LogP contribution in [-0.2, 0) is 4.79 Å². The van der Waals surface area contributed by atoms with Crippen molar-refractivity contribution in [1.82, 2.24) is 4.57 Å². The van der Waals surface area contributed by atoms with Gasteiger partial charge in [-0.2, -0.15) is 10.1 Å². The Morgan fingerprint density at radius 3 is 2.43 bits per heavy atom. The average Bonchev–Trinajstić information content (AvgIpc) is 3.03. The topological polar surface area (TPSA) is 37.6 Å². The van der Waals surface area contributed by atoms with Crippen molar-refractivity contribution in [3.8, 4) is 0 Å². The quantitative estimate of drug-likeness (QED) is 0.784. The van der Waals surface area contributed by atoms with Gasteiger partial charge in [0.1, 0.15) is 0 Å². The SMILES string of the molecule is CC1=NN(c2ccccc2)C(=O)/C1=C\c1cc(C)n(C(C)C)c1. The molecule has 0 aliphatic carbocycles. The number of hydrazone groups is 1. The number of carbonyl (C=O) groups is 1. The van der Waals surface area contributed by atoms with E-state index in [9.17, 15) is 4.79 Å². The highest BCUT2D eigenvalue weighted by Crippen LogP contribution is 2.25. The summed E-state index contributed by atoms with van der Waals surface area (Å²) in [5.74, 6) is -0.0800. The number of aromatic nitrogens is 1. The van der Waals surface area contributed by atoms with Gasteiger partial charge in [0.25, 0.3) is 5.91 Å². The normalized spacial score (nSPS) is 16.6. The Morgan fingerprint density at radius 2 is 1.83 bits per heavy atom. The number of anilines is 1. The highest BCUT2D eigenvalue weighted by molar-refractivity contribution is 6.32. The van der Waals surface area contributed by atoms with Crippen LogP contribution in [0.1, 0.15) is 38.1 Å². The van der Waals surface area contributed by atoms with E-state index in [-0.39, 0.29) is 5.91 Å². The van der Waals surface area contributed by atoms with E-state index in [1.165, 1.54) is 10.7 Å². The van der Waals surface area contributed by atoms with E-state index >= 15 is 0 Å². The Bertz CT molecular complexity index is 797. The molecule has 4 heteroatoms. The molecule has 0 saturated heterocycles. The summed E-state index contributed by atoms with van der Waals surface area (Å²) in [7, 11) is 0. The highest BCUT2D eigenvalue weighted by atomic mass is 16.2. The van der Waals surface area contributed by atoms with E-state index in [4.69, 9.17) is 0 Å². The van der Waals surface area contributed by atoms with Crippen molar-refractivity contribution in [3.05, 3.63) is 59.4 Å². The van der Waals surface area contributed by atoms with Gasteiger partial charge in [0.15, 0.2) is 0 Å². The first-order chi connectivity index (χ1) is 11.0. The first-order valence-electron chi connectivity index (χ1n) is 7.82. The fraction of sp³-hybridized carbons (Fsp3) is 0.263. The molecule has 4 nitrogen and oxygen atoms in total. The largest absolute Gasteiger partial charge is 0.349 e. The summed E-state index contributed by atoms with van der Waals surface area (Å²) in [6.45, 7) is 8.25. The number of hydrogen-bond acceptors (Lipinski definition) is 2. The van der Waals surface area contributed by atoms with Crippen LogP contribution >= 0.6 is 0 Å². The van der Waals surface area contributed by atoms with Crippen LogP contribution in [0.5, 0.6) is 0 Å². The summed E-state index contributed by atoms with van der Waals surface area (Å²) in [6.07, 6.45) is 4.01. The molecule has 0 radical (unpaired) electrons. The van der Waals surface area contributed by atoms with Gasteiger partial charge in [-0.1, -0.05) is 18.2 Å². The molecule has 1 aromatic carbocycles. The second-order valence-corrected chi connectivity index (χ2v) is 6.11. The highest BCUT2D eigenvalue weighted by Gasteiger charge is 2.28. The summed E-state index contributed by atoms with van der Waals surface area (Å²) in [6, 6.07) is 12.0. The van der Waals surface area contributed by atoms with Gasteiger partial charge in [-0.15, -0.1) is 0 Å². The van der Waals surface area contributed by atoms with Crippen molar-refractivity contribution >= 4 is 23.4 Å².